The SMILES string of the molecule is CCC1(CC)CCN(C(CN)CC(C)(C)OC)C1. The van der Waals surface area contributed by atoms with E-state index < -0.39 is 0 Å². The van der Waals surface area contributed by atoms with Crippen LogP contribution in [0.2, 0.25) is 0 Å². The average Bonchev–Trinajstić information content (AvgIpc) is 2.81. The van der Waals surface area contributed by atoms with Crippen molar-refractivity contribution in [2.75, 3.05) is 26.7 Å². The Morgan fingerprint density at radius 2 is 1.94 bits per heavy atom. The molecule has 0 aliphatic carbocycles. The molecule has 1 rings (SSSR count). The Bertz CT molecular complexity index is 249. The van der Waals surface area contributed by atoms with E-state index in [9.17, 15) is 0 Å². The highest BCUT2D eigenvalue weighted by Crippen LogP contribution is 2.38. The van der Waals surface area contributed by atoms with Crippen LogP contribution in [-0.4, -0.2) is 43.3 Å². The van der Waals surface area contributed by atoms with Crippen molar-refractivity contribution in [2.24, 2.45) is 11.1 Å². The van der Waals surface area contributed by atoms with Crippen LogP contribution < -0.4 is 5.73 Å². The second kappa shape index (κ2) is 6.36. The van der Waals surface area contributed by atoms with Crippen LogP contribution in [0.15, 0.2) is 0 Å². The first kappa shape index (κ1) is 15.9. The van der Waals surface area contributed by atoms with E-state index in [4.69, 9.17) is 10.5 Å². The van der Waals surface area contributed by atoms with E-state index in [1.54, 1.807) is 7.11 Å². The predicted molar refractivity (Wildman–Crippen MR) is 77.8 cm³/mol. The molecule has 3 heteroatoms. The normalized spacial score (nSPS) is 22.3. The molecule has 18 heavy (non-hydrogen) atoms. The molecule has 0 spiro atoms. The highest BCUT2D eigenvalue weighted by Gasteiger charge is 2.38. The molecule has 0 aromatic heterocycles. The topological polar surface area (TPSA) is 38.5 Å². The third kappa shape index (κ3) is 3.69. The quantitative estimate of drug-likeness (QED) is 0.761. The molecule has 0 bridgehead atoms. The van der Waals surface area contributed by atoms with Gasteiger partial charge in [0.1, 0.15) is 0 Å². The van der Waals surface area contributed by atoms with Gasteiger partial charge in [0.15, 0.2) is 0 Å². The summed E-state index contributed by atoms with van der Waals surface area (Å²) in [7, 11) is 1.79. The zero-order valence-corrected chi connectivity index (χ0v) is 13.0. The van der Waals surface area contributed by atoms with Crippen LogP contribution in [0, 0.1) is 5.41 Å². The Morgan fingerprint density at radius 3 is 2.33 bits per heavy atom. The fourth-order valence-corrected chi connectivity index (χ4v) is 3.12. The molecule has 0 radical (unpaired) electrons. The molecule has 1 atom stereocenters. The number of rotatable bonds is 7. The molecule has 0 aromatic rings. The summed E-state index contributed by atoms with van der Waals surface area (Å²) in [5.41, 5.74) is 6.45. The van der Waals surface area contributed by atoms with Crippen molar-refractivity contribution in [3.8, 4) is 0 Å². The Morgan fingerprint density at radius 1 is 1.33 bits per heavy atom. The lowest BCUT2D eigenvalue weighted by Crippen LogP contribution is -2.45. The highest BCUT2D eigenvalue weighted by molar-refractivity contribution is 4.92. The van der Waals surface area contributed by atoms with Crippen molar-refractivity contribution in [1.82, 2.24) is 4.90 Å². The van der Waals surface area contributed by atoms with Crippen LogP contribution in [0.25, 0.3) is 0 Å². The van der Waals surface area contributed by atoms with Gasteiger partial charge in [-0.25, -0.2) is 0 Å². The number of ether oxygens (including phenoxy) is 1. The van der Waals surface area contributed by atoms with E-state index in [-0.39, 0.29) is 5.60 Å². The second-order valence-electron chi connectivity index (χ2n) is 6.49. The minimum atomic E-state index is -0.0757. The van der Waals surface area contributed by atoms with E-state index in [1.807, 2.05) is 0 Å². The summed E-state index contributed by atoms with van der Waals surface area (Å²) in [5.74, 6) is 0. The van der Waals surface area contributed by atoms with Gasteiger partial charge < -0.3 is 10.5 Å². The van der Waals surface area contributed by atoms with Crippen molar-refractivity contribution in [3.05, 3.63) is 0 Å². The smallest absolute Gasteiger partial charge is 0.0638 e. The van der Waals surface area contributed by atoms with Gasteiger partial charge >= 0.3 is 0 Å². The lowest BCUT2D eigenvalue weighted by atomic mass is 9.82. The summed E-state index contributed by atoms with van der Waals surface area (Å²) in [6.45, 7) is 12.1. The maximum Gasteiger partial charge on any atom is 0.0638 e. The number of methoxy groups -OCH3 is 1. The summed E-state index contributed by atoms with van der Waals surface area (Å²) in [4.78, 5) is 2.59. The zero-order valence-electron chi connectivity index (χ0n) is 13.0. The molecule has 2 N–H and O–H groups in total. The van der Waals surface area contributed by atoms with Gasteiger partial charge in [-0.2, -0.15) is 0 Å². The molecular weight excluding hydrogens is 224 g/mol. The maximum absolute atomic E-state index is 5.99. The van der Waals surface area contributed by atoms with Crippen LogP contribution in [0.4, 0.5) is 0 Å². The van der Waals surface area contributed by atoms with Crippen LogP contribution >= 0.6 is 0 Å². The lowest BCUT2D eigenvalue weighted by molar-refractivity contribution is -0.00619. The predicted octanol–water partition coefficient (Wildman–Crippen LogP) is 2.64. The molecule has 0 aromatic carbocycles. The van der Waals surface area contributed by atoms with E-state index >= 15 is 0 Å². The molecule has 1 saturated heterocycles. The summed E-state index contributed by atoms with van der Waals surface area (Å²) < 4.78 is 5.55. The summed E-state index contributed by atoms with van der Waals surface area (Å²) in [5, 5.41) is 0. The van der Waals surface area contributed by atoms with Gasteiger partial charge in [0.2, 0.25) is 0 Å². The van der Waals surface area contributed by atoms with Gasteiger partial charge in [0.25, 0.3) is 0 Å². The summed E-state index contributed by atoms with van der Waals surface area (Å²) in [6, 6.07) is 0.458. The molecule has 108 valence electrons. The van der Waals surface area contributed by atoms with Gasteiger partial charge in [-0.1, -0.05) is 13.8 Å². The fourth-order valence-electron chi connectivity index (χ4n) is 3.12. The monoisotopic (exact) mass is 256 g/mol. The van der Waals surface area contributed by atoms with Gasteiger partial charge in [-0.3, -0.25) is 4.90 Å². The number of nitrogens with two attached hydrogens (primary N) is 1. The van der Waals surface area contributed by atoms with Gasteiger partial charge in [0, 0.05) is 26.2 Å². The van der Waals surface area contributed by atoms with Crippen molar-refractivity contribution in [3.63, 3.8) is 0 Å². The number of hydrogen-bond acceptors (Lipinski definition) is 3. The van der Waals surface area contributed by atoms with Crippen LogP contribution in [0.5, 0.6) is 0 Å². The van der Waals surface area contributed by atoms with Gasteiger partial charge in [-0.15, -0.1) is 0 Å². The molecule has 1 unspecified atom stereocenters. The molecular formula is C15H32N2O. The fraction of sp³-hybridized carbons (Fsp3) is 1.00. The largest absolute Gasteiger partial charge is 0.379 e. The van der Waals surface area contributed by atoms with Gasteiger partial charge in [0.05, 0.1) is 5.60 Å². The molecule has 1 aliphatic heterocycles. The zero-order chi connectivity index (χ0) is 13.8. The Kier molecular flexibility index (Phi) is 5.63. The molecule has 1 aliphatic rings. The van der Waals surface area contributed by atoms with Crippen LogP contribution in [0.3, 0.4) is 0 Å². The van der Waals surface area contributed by atoms with E-state index in [0.717, 1.165) is 13.0 Å². The number of hydrogen-bond donors (Lipinski definition) is 1. The summed E-state index contributed by atoms with van der Waals surface area (Å²) in [6.07, 6.45) is 4.91. The Hall–Kier alpha value is -0.120. The number of likely N-dealkylation sites (tertiary alicyclic amines) is 1. The molecule has 0 saturated carbocycles. The standard InChI is InChI=1S/C15H32N2O/c1-6-15(7-2)8-9-17(12-15)13(11-16)10-14(3,4)18-5/h13H,6-12,16H2,1-5H3. The van der Waals surface area contributed by atoms with Crippen molar-refractivity contribution >= 4 is 0 Å². The first-order valence-electron chi connectivity index (χ1n) is 7.41. The minimum absolute atomic E-state index is 0.0757. The van der Waals surface area contributed by atoms with E-state index in [1.165, 1.54) is 32.4 Å². The Labute approximate surface area is 113 Å². The third-order valence-corrected chi connectivity index (χ3v) is 5.04. The third-order valence-electron chi connectivity index (χ3n) is 5.04. The second-order valence-corrected chi connectivity index (χ2v) is 6.49. The van der Waals surface area contributed by atoms with Crippen LogP contribution in [-0.2, 0) is 4.74 Å². The summed E-state index contributed by atoms with van der Waals surface area (Å²) >= 11 is 0. The van der Waals surface area contributed by atoms with E-state index in [2.05, 4.69) is 32.6 Å². The Balaban J connectivity index is 2.63. The first-order chi connectivity index (χ1) is 8.42. The van der Waals surface area contributed by atoms with E-state index in [0.29, 0.717) is 11.5 Å². The van der Waals surface area contributed by atoms with Crippen molar-refractivity contribution in [2.45, 2.75) is 65.0 Å². The highest BCUT2D eigenvalue weighted by atomic mass is 16.5. The van der Waals surface area contributed by atoms with Crippen molar-refractivity contribution in [1.29, 1.82) is 0 Å². The maximum atomic E-state index is 5.99. The minimum Gasteiger partial charge on any atom is -0.379 e. The van der Waals surface area contributed by atoms with Crippen LogP contribution in [0.1, 0.15) is 53.4 Å². The first-order valence-corrected chi connectivity index (χ1v) is 7.41. The van der Waals surface area contributed by atoms with Crippen molar-refractivity contribution < 1.29 is 4.74 Å². The number of nitrogens with zero attached hydrogens (tertiary/aromatic N) is 1. The lowest BCUT2D eigenvalue weighted by Gasteiger charge is -2.35. The molecule has 1 heterocycles. The van der Waals surface area contributed by atoms with Gasteiger partial charge in [-0.05, 0) is 51.5 Å². The average molecular weight is 256 g/mol. The molecule has 1 fully saturated rings. The molecule has 3 nitrogen and oxygen atoms in total. The molecule has 0 amide bonds.